The van der Waals surface area contributed by atoms with E-state index in [-0.39, 0.29) is 18.3 Å². The molecule has 0 bridgehead atoms. The number of nitrogens with two attached hydrogens (primary N) is 1. The van der Waals surface area contributed by atoms with Gasteiger partial charge in [0.15, 0.2) is 11.5 Å². The number of aliphatic carboxylic acids is 1. The lowest BCUT2D eigenvalue weighted by Crippen LogP contribution is -2.47. The number of carbonyl (C=O) groups is 1. The van der Waals surface area contributed by atoms with E-state index in [0.29, 0.717) is 30.2 Å². The van der Waals surface area contributed by atoms with Crippen LogP contribution in [0.5, 0.6) is 0 Å². The van der Waals surface area contributed by atoms with Gasteiger partial charge in [0.2, 0.25) is 7.44 Å². The molecular weight excluding hydrogens is 469 g/mol. The second-order valence-corrected chi connectivity index (χ2v) is 11.7. The Balaban J connectivity index is 1.70. The third-order valence-electron chi connectivity index (χ3n) is 5.60. The maximum Gasteiger partial charge on any atom is 0.323 e. The van der Waals surface area contributed by atoms with Gasteiger partial charge < -0.3 is 20.1 Å². The molecule has 0 amide bonds. The maximum absolute atomic E-state index is 13.8. The number of carboxylic acids is 1. The van der Waals surface area contributed by atoms with Crippen molar-refractivity contribution in [2.24, 2.45) is 0 Å². The van der Waals surface area contributed by atoms with E-state index >= 15 is 0 Å². The van der Waals surface area contributed by atoms with Crippen molar-refractivity contribution < 1.29 is 19.2 Å². The average molecular weight is 504 g/mol. The smallest absolute Gasteiger partial charge is 0.323 e. The minimum absolute atomic E-state index is 0.210. The van der Waals surface area contributed by atoms with Gasteiger partial charge in [-0.15, -0.1) is 0 Å². The summed E-state index contributed by atoms with van der Waals surface area (Å²) in [4.78, 5) is 24.1. The van der Waals surface area contributed by atoms with Crippen LogP contribution in [0.1, 0.15) is 51.7 Å². The Morgan fingerprint density at radius 3 is 2.51 bits per heavy atom. The third-order valence-corrected chi connectivity index (χ3v) is 7.71. The first kappa shape index (κ1) is 26.7. The number of ether oxygens (including phenoxy) is 1. The Bertz CT molecular complexity index is 1210. The number of hydrogen-bond donors (Lipinski definition) is 4. The Morgan fingerprint density at radius 1 is 1.20 bits per heavy atom. The molecule has 2 atom stereocenters. The lowest BCUT2D eigenvalue weighted by molar-refractivity contribution is -0.142. The van der Waals surface area contributed by atoms with Crippen molar-refractivity contribution in [1.82, 2.24) is 29.7 Å². The van der Waals surface area contributed by atoms with Crippen LogP contribution >= 0.6 is 7.44 Å². The molecule has 190 valence electrons. The molecule has 0 spiro atoms. The van der Waals surface area contributed by atoms with E-state index in [0.717, 1.165) is 5.56 Å². The van der Waals surface area contributed by atoms with Crippen LogP contribution in [0.4, 0.5) is 5.82 Å². The Labute approximate surface area is 205 Å². The highest BCUT2D eigenvalue weighted by molar-refractivity contribution is 7.59. The number of anilines is 1. The molecule has 0 saturated heterocycles. The molecule has 0 aliphatic rings. The van der Waals surface area contributed by atoms with Crippen molar-refractivity contribution >= 4 is 30.4 Å². The Hall–Kier alpha value is -2.85. The van der Waals surface area contributed by atoms with Crippen molar-refractivity contribution in [1.29, 1.82) is 0 Å². The summed E-state index contributed by atoms with van der Waals surface area (Å²) < 4.78 is 21.5. The molecule has 1 aromatic carbocycles. The van der Waals surface area contributed by atoms with E-state index in [1.54, 1.807) is 10.9 Å². The van der Waals surface area contributed by atoms with Gasteiger partial charge in [-0.1, -0.05) is 38.1 Å². The number of carboxylic acid groups (broad SMARTS) is 1. The highest BCUT2D eigenvalue weighted by atomic mass is 31.2. The monoisotopic (exact) mass is 503 g/mol. The van der Waals surface area contributed by atoms with Gasteiger partial charge >= 0.3 is 5.97 Å². The second-order valence-electron chi connectivity index (χ2n) is 9.45. The van der Waals surface area contributed by atoms with Crippen LogP contribution in [-0.4, -0.2) is 48.6 Å². The minimum atomic E-state index is -3.46. The van der Waals surface area contributed by atoms with Gasteiger partial charge in [-0.05, 0) is 37.8 Å². The van der Waals surface area contributed by atoms with Crippen molar-refractivity contribution in [3.63, 3.8) is 0 Å². The summed E-state index contributed by atoms with van der Waals surface area (Å²) in [5, 5.41) is 15.4. The number of nitrogens with zero attached hydrogens (tertiary/aromatic N) is 4. The molecule has 35 heavy (non-hydrogen) atoms. The molecule has 0 aliphatic carbocycles. The molecule has 5 N–H and O–H groups in total. The molecule has 0 radical (unpaired) electrons. The topological polar surface area (TPSA) is 157 Å². The molecule has 0 saturated carbocycles. The zero-order chi connectivity index (χ0) is 25.8. The van der Waals surface area contributed by atoms with E-state index in [1.165, 1.54) is 25.7 Å². The van der Waals surface area contributed by atoms with Crippen LogP contribution in [0, 0.1) is 0 Å². The number of imidazole rings is 1. The molecule has 3 aromatic rings. The van der Waals surface area contributed by atoms with E-state index in [2.05, 4.69) is 39.0 Å². The normalized spacial score (nSPS) is 14.8. The quantitative estimate of drug-likeness (QED) is 0.270. The fourth-order valence-electron chi connectivity index (χ4n) is 3.45. The highest BCUT2D eigenvalue weighted by Gasteiger charge is 2.36. The Kier molecular flexibility index (Phi) is 8.27. The summed E-state index contributed by atoms with van der Waals surface area (Å²) in [6.07, 6.45) is 2.38. The lowest BCUT2D eigenvalue weighted by Gasteiger charge is -2.30. The van der Waals surface area contributed by atoms with Crippen molar-refractivity contribution in [3.05, 3.63) is 48.0 Å². The van der Waals surface area contributed by atoms with Crippen molar-refractivity contribution in [2.45, 2.75) is 65.3 Å². The number of hydrogen-bond acceptors (Lipinski definition) is 7. The van der Waals surface area contributed by atoms with Gasteiger partial charge in [-0.3, -0.25) is 9.36 Å². The van der Waals surface area contributed by atoms with Gasteiger partial charge in [0.1, 0.15) is 23.7 Å². The molecule has 2 heterocycles. The molecular formula is C23H34N7O4P. The lowest BCUT2D eigenvalue weighted by atomic mass is 10.0. The number of nitrogens with one attached hydrogen (secondary N) is 2. The zero-order valence-electron chi connectivity index (χ0n) is 20.7. The summed E-state index contributed by atoms with van der Waals surface area (Å²) in [6.45, 7) is 9.66. The summed E-state index contributed by atoms with van der Waals surface area (Å²) in [6, 6.07) is 8.00. The molecule has 3 rings (SSSR count). The molecule has 0 fully saturated rings. The first-order chi connectivity index (χ1) is 16.4. The molecule has 12 heteroatoms. The summed E-state index contributed by atoms with van der Waals surface area (Å²) in [7, 11) is -3.46. The highest BCUT2D eigenvalue weighted by Crippen LogP contribution is 2.40. The third kappa shape index (κ3) is 6.85. The van der Waals surface area contributed by atoms with E-state index in [4.69, 9.17) is 10.5 Å². The van der Waals surface area contributed by atoms with Crippen LogP contribution in [0.15, 0.2) is 36.9 Å². The van der Waals surface area contributed by atoms with Crippen LogP contribution in [0.3, 0.4) is 0 Å². The number of aromatic nitrogens is 4. The van der Waals surface area contributed by atoms with Gasteiger partial charge in [0, 0.05) is 6.54 Å². The summed E-state index contributed by atoms with van der Waals surface area (Å²) in [5.74, 6) is -0.417. The zero-order valence-corrected chi connectivity index (χ0v) is 21.6. The Morgan fingerprint density at radius 2 is 1.89 bits per heavy atom. The van der Waals surface area contributed by atoms with Crippen LogP contribution in [0.25, 0.3) is 11.2 Å². The first-order valence-electron chi connectivity index (χ1n) is 11.4. The summed E-state index contributed by atoms with van der Waals surface area (Å²) >= 11 is 0. The van der Waals surface area contributed by atoms with E-state index in [9.17, 15) is 14.5 Å². The van der Waals surface area contributed by atoms with Gasteiger partial charge in [-0.2, -0.15) is 0 Å². The molecule has 11 nitrogen and oxygen atoms in total. The van der Waals surface area contributed by atoms with Crippen LogP contribution < -0.4 is 15.9 Å². The predicted octanol–water partition coefficient (Wildman–Crippen LogP) is 3.33. The number of fused-ring (bicyclic) bond motifs is 1. The van der Waals surface area contributed by atoms with Crippen molar-refractivity contribution in [3.8, 4) is 0 Å². The average Bonchev–Trinajstić information content (AvgIpc) is 3.20. The largest absolute Gasteiger partial charge is 0.480 e. The maximum atomic E-state index is 13.8. The van der Waals surface area contributed by atoms with Gasteiger partial charge in [0.25, 0.3) is 0 Å². The number of nitrogen functional groups attached to an aromatic ring is 1. The van der Waals surface area contributed by atoms with Crippen LogP contribution in [-0.2, 0) is 27.2 Å². The number of rotatable bonds is 12. The first-order valence-corrected chi connectivity index (χ1v) is 13.3. The fraction of sp³-hybridized carbons (Fsp3) is 0.478. The second kappa shape index (κ2) is 10.8. The molecule has 1 unspecified atom stereocenters. The summed E-state index contributed by atoms with van der Waals surface area (Å²) in [5.41, 5.74) is 7.63. The standard InChI is InChI=1S/C23H34N7O4P/c1-15(2)18-8-6-17(7-9-18)10-28-35(33,29-23(4,5)22(31)32)14-34-16(3)11-30-13-27-19-20(24)25-12-26-21(19)30/h6-9,12-13,15-16H,10-11,14H2,1-5H3,(H,31,32)(H2,24,25,26)(H2,28,29,33)/t16-,35?/m0/s1. The SMILES string of the molecule is CC(C)c1ccc(CNP(=O)(CO[C@@H](C)Cn2cnc3c(N)ncnc32)NC(C)(C)C(=O)O)cc1. The predicted molar refractivity (Wildman–Crippen MR) is 135 cm³/mol. The fourth-order valence-corrected chi connectivity index (χ4v) is 5.59. The number of benzene rings is 1. The van der Waals surface area contributed by atoms with Crippen molar-refractivity contribution in [2.75, 3.05) is 12.1 Å². The van der Waals surface area contributed by atoms with Gasteiger partial charge in [0.05, 0.1) is 19.0 Å². The van der Waals surface area contributed by atoms with E-state index in [1.807, 2.05) is 31.2 Å². The molecule has 0 aliphatic heterocycles. The van der Waals surface area contributed by atoms with E-state index < -0.39 is 19.0 Å². The van der Waals surface area contributed by atoms with Gasteiger partial charge in [-0.25, -0.2) is 25.1 Å². The molecule has 2 aromatic heterocycles. The minimum Gasteiger partial charge on any atom is -0.480 e. The van der Waals surface area contributed by atoms with Crippen LogP contribution in [0.2, 0.25) is 0 Å².